The normalized spacial score (nSPS) is 12.2. The molecule has 1 aliphatic heterocycles. The Bertz CT molecular complexity index is 1470. The van der Waals surface area contributed by atoms with Gasteiger partial charge in [-0.25, -0.2) is 10.2 Å². The third-order valence-corrected chi connectivity index (χ3v) is 6.76. The highest BCUT2D eigenvalue weighted by Crippen LogP contribution is 2.38. The van der Waals surface area contributed by atoms with Crippen LogP contribution in [0.5, 0.6) is 23.0 Å². The lowest BCUT2D eigenvalue weighted by molar-refractivity contribution is 0.0739. The molecule has 4 aromatic rings. The number of carbonyl (C=O) groups excluding carboxylic acids is 2. The Hall–Kier alpha value is -4.08. The Labute approximate surface area is 208 Å². The molecule has 1 N–H and O–H groups in total. The van der Waals surface area contributed by atoms with Crippen LogP contribution in [0.25, 0.3) is 10.1 Å². The monoisotopic (exact) mass is 508 g/mol. The maximum atomic E-state index is 12.7. The zero-order valence-corrected chi connectivity index (χ0v) is 19.8. The standard InChI is InChI=1S/C25H17ClN2O6S/c1-31-17-7-8-18-21(11-17)35-23(22(18)26)25(30)34-16-5-2-14(3-6-16)12-27-28-24(29)15-4-9-19-20(10-15)33-13-32-19/h2-12H,13H2,1H3,(H,28,29)/b27-12-. The molecule has 8 nitrogen and oxygen atoms in total. The number of rotatable bonds is 6. The number of methoxy groups -OCH3 is 1. The fraction of sp³-hybridized carbons (Fsp3) is 0.0800. The lowest BCUT2D eigenvalue weighted by Crippen LogP contribution is -2.17. The predicted octanol–water partition coefficient (Wildman–Crippen LogP) is 5.28. The van der Waals surface area contributed by atoms with Crippen LogP contribution in [0.2, 0.25) is 5.02 Å². The quantitative estimate of drug-likeness (QED) is 0.165. The van der Waals surface area contributed by atoms with E-state index in [1.54, 1.807) is 55.6 Å². The van der Waals surface area contributed by atoms with Gasteiger partial charge in [0.2, 0.25) is 6.79 Å². The highest BCUT2D eigenvalue weighted by Gasteiger charge is 2.20. The lowest BCUT2D eigenvalue weighted by atomic mass is 10.2. The van der Waals surface area contributed by atoms with E-state index in [0.29, 0.717) is 44.0 Å². The molecular weight excluding hydrogens is 492 g/mol. The minimum absolute atomic E-state index is 0.135. The van der Waals surface area contributed by atoms with Gasteiger partial charge in [0.05, 0.1) is 18.3 Å². The number of hydrogen-bond donors (Lipinski definition) is 1. The average Bonchev–Trinajstić information content (AvgIpc) is 3.48. The topological polar surface area (TPSA) is 95.5 Å². The second kappa shape index (κ2) is 9.65. The fourth-order valence-electron chi connectivity index (χ4n) is 3.35. The van der Waals surface area contributed by atoms with E-state index in [9.17, 15) is 9.59 Å². The molecule has 0 saturated heterocycles. The fourth-order valence-corrected chi connectivity index (χ4v) is 4.76. The summed E-state index contributed by atoms with van der Waals surface area (Å²) in [6, 6.07) is 17.0. The first-order valence-corrected chi connectivity index (χ1v) is 11.5. The number of hydrogen-bond acceptors (Lipinski definition) is 8. The third kappa shape index (κ3) is 4.77. The van der Waals surface area contributed by atoms with E-state index in [-0.39, 0.29) is 12.7 Å². The number of esters is 1. The van der Waals surface area contributed by atoms with Crippen LogP contribution in [0, 0.1) is 0 Å². The van der Waals surface area contributed by atoms with Crippen LogP contribution >= 0.6 is 22.9 Å². The van der Waals surface area contributed by atoms with Crippen molar-refractivity contribution in [2.75, 3.05) is 13.9 Å². The minimum atomic E-state index is -0.549. The van der Waals surface area contributed by atoms with Gasteiger partial charge < -0.3 is 18.9 Å². The molecule has 1 aromatic heterocycles. The first kappa shape index (κ1) is 22.7. The summed E-state index contributed by atoms with van der Waals surface area (Å²) in [6.07, 6.45) is 1.48. The van der Waals surface area contributed by atoms with Gasteiger partial charge in [-0.15, -0.1) is 11.3 Å². The molecule has 35 heavy (non-hydrogen) atoms. The van der Waals surface area contributed by atoms with Gasteiger partial charge in [0.15, 0.2) is 11.5 Å². The second-order valence-electron chi connectivity index (χ2n) is 7.33. The van der Waals surface area contributed by atoms with Gasteiger partial charge in [-0.3, -0.25) is 4.79 Å². The SMILES string of the molecule is COc1ccc2c(Cl)c(C(=O)Oc3ccc(/C=N\NC(=O)c4ccc5c(c4)OCO5)cc3)sc2c1. The van der Waals surface area contributed by atoms with Gasteiger partial charge in [-0.05, 0) is 66.2 Å². The Kier molecular flexibility index (Phi) is 6.26. The zero-order valence-electron chi connectivity index (χ0n) is 18.2. The molecule has 0 radical (unpaired) electrons. The number of ether oxygens (including phenoxy) is 4. The lowest BCUT2D eigenvalue weighted by Gasteiger charge is -2.04. The molecule has 1 aliphatic rings. The smallest absolute Gasteiger partial charge is 0.355 e. The van der Waals surface area contributed by atoms with Crippen molar-refractivity contribution in [3.63, 3.8) is 0 Å². The summed E-state index contributed by atoms with van der Waals surface area (Å²) in [5.74, 6) is 1.21. The Morgan fingerprint density at radius 2 is 1.80 bits per heavy atom. The first-order chi connectivity index (χ1) is 17.0. The van der Waals surface area contributed by atoms with Crippen LogP contribution in [-0.4, -0.2) is 32.0 Å². The van der Waals surface area contributed by atoms with Gasteiger partial charge in [-0.1, -0.05) is 11.6 Å². The van der Waals surface area contributed by atoms with E-state index in [0.717, 1.165) is 10.1 Å². The molecule has 1 amide bonds. The molecule has 0 fully saturated rings. The van der Waals surface area contributed by atoms with Crippen molar-refractivity contribution in [1.82, 2.24) is 5.43 Å². The van der Waals surface area contributed by atoms with Gasteiger partial charge in [0, 0.05) is 15.6 Å². The molecule has 176 valence electrons. The number of amides is 1. The Morgan fingerprint density at radius 3 is 2.60 bits per heavy atom. The maximum absolute atomic E-state index is 12.7. The predicted molar refractivity (Wildman–Crippen MR) is 132 cm³/mol. The van der Waals surface area contributed by atoms with Crippen molar-refractivity contribution >= 4 is 51.1 Å². The van der Waals surface area contributed by atoms with Crippen molar-refractivity contribution in [3.05, 3.63) is 81.7 Å². The summed E-state index contributed by atoms with van der Waals surface area (Å²) in [5.41, 5.74) is 3.55. The van der Waals surface area contributed by atoms with E-state index in [2.05, 4.69) is 10.5 Å². The van der Waals surface area contributed by atoms with Gasteiger partial charge >= 0.3 is 5.97 Å². The number of carbonyl (C=O) groups is 2. The Balaban J connectivity index is 1.21. The Morgan fingerprint density at radius 1 is 1.03 bits per heavy atom. The van der Waals surface area contributed by atoms with E-state index in [1.165, 1.54) is 17.6 Å². The highest BCUT2D eigenvalue weighted by atomic mass is 35.5. The molecule has 0 saturated carbocycles. The summed E-state index contributed by atoms with van der Waals surface area (Å²) in [6.45, 7) is 0.135. The molecule has 0 aliphatic carbocycles. The second-order valence-corrected chi connectivity index (χ2v) is 8.76. The summed E-state index contributed by atoms with van der Waals surface area (Å²) < 4.78 is 22.0. The van der Waals surface area contributed by atoms with Crippen molar-refractivity contribution in [2.45, 2.75) is 0 Å². The molecule has 5 rings (SSSR count). The number of nitrogens with zero attached hydrogens (tertiary/aromatic N) is 1. The molecule has 10 heteroatoms. The maximum Gasteiger partial charge on any atom is 0.355 e. The summed E-state index contributed by atoms with van der Waals surface area (Å²) in [5, 5.41) is 5.08. The van der Waals surface area contributed by atoms with Crippen LogP contribution in [0.4, 0.5) is 0 Å². The molecule has 3 aromatic carbocycles. The molecule has 0 atom stereocenters. The molecular formula is C25H17ClN2O6S. The number of halogens is 1. The van der Waals surface area contributed by atoms with Crippen LogP contribution in [0.3, 0.4) is 0 Å². The summed E-state index contributed by atoms with van der Waals surface area (Å²) >= 11 is 7.64. The molecule has 0 unspecified atom stereocenters. The van der Waals surface area contributed by atoms with Gasteiger partial charge in [0.1, 0.15) is 16.4 Å². The zero-order chi connectivity index (χ0) is 24.4. The van der Waals surface area contributed by atoms with Crippen LogP contribution in [0.1, 0.15) is 25.6 Å². The average molecular weight is 509 g/mol. The summed E-state index contributed by atoms with van der Waals surface area (Å²) in [7, 11) is 1.58. The van der Waals surface area contributed by atoms with Crippen molar-refractivity contribution < 1.29 is 28.5 Å². The van der Waals surface area contributed by atoms with E-state index < -0.39 is 5.97 Å². The van der Waals surface area contributed by atoms with E-state index in [1.807, 2.05) is 12.1 Å². The molecule has 0 spiro atoms. The van der Waals surface area contributed by atoms with Crippen LogP contribution in [0.15, 0.2) is 65.8 Å². The van der Waals surface area contributed by atoms with Crippen molar-refractivity contribution in [3.8, 4) is 23.0 Å². The summed E-state index contributed by atoms with van der Waals surface area (Å²) in [4.78, 5) is 25.3. The number of nitrogens with one attached hydrogen (secondary N) is 1. The van der Waals surface area contributed by atoms with Crippen LogP contribution in [-0.2, 0) is 0 Å². The van der Waals surface area contributed by atoms with E-state index in [4.69, 9.17) is 30.5 Å². The first-order valence-electron chi connectivity index (χ1n) is 10.3. The minimum Gasteiger partial charge on any atom is -0.497 e. The van der Waals surface area contributed by atoms with Crippen molar-refractivity contribution in [2.24, 2.45) is 5.10 Å². The number of fused-ring (bicyclic) bond motifs is 2. The number of thiophene rings is 1. The van der Waals surface area contributed by atoms with Gasteiger partial charge in [0.25, 0.3) is 5.91 Å². The van der Waals surface area contributed by atoms with Gasteiger partial charge in [-0.2, -0.15) is 5.10 Å². The van der Waals surface area contributed by atoms with E-state index >= 15 is 0 Å². The number of hydrazone groups is 1. The van der Waals surface area contributed by atoms with Crippen molar-refractivity contribution in [1.29, 1.82) is 0 Å². The third-order valence-electron chi connectivity index (χ3n) is 5.13. The highest BCUT2D eigenvalue weighted by molar-refractivity contribution is 7.21. The number of benzene rings is 3. The molecule has 0 bridgehead atoms. The molecule has 2 heterocycles. The largest absolute Gasteiger partial charge is 0.497 e. The van der Waals surface area contributed by atoms with Crippen LogP contribution < -0.4 is 24.4 Å².